The number of rotatable bonds is 4. The van der Waals surface area contributed by atoms with Gasteiger partial charge in [0.2, 0.25) is 0 Å². The summed E-state index contributed by atoms with van der Waals surface area (Å²) in [5.74, 6) is 0. The summed E-state index contributed by atoms with van der Waals surface area (Å²) < 4.78 is 4.61. The molecule has 0 fully saturated rings. The smallest absolute Gasteiger partial charge is 0.147 e. The Labute approximate surface area is 44.9 Å². The third-order valence-electron chi connectivity index (χ3n) is 0.596. The maximum Gasteiger partial charge on any atom is 0.147 e. The van der Waals surface area contributed by atoms with Crippen LogP contribution >= 0.6 is 0 Å². The molecular weight excluding hydrogens is 90.1 g/mol. The van der Waals surface area contributed by atoms with E-state index in [-0.39, 0.29) is 0 Å². The number of ether oxygens (including phenoxy) is 1. The summed E-state index contributed by atoms with van der Waals surface area (Å²) in [7, 11) is 1.63. The molecule has 0 aliphatic carbocycles. The molecule has 0 saturated heterocycles. The monoisotopic (exact) mass is 102 g/mol. The average Bonchev–Trinajstić information content (AvgIpc) is 1.69. The first-order chi connectivity index (χ1) is 3.41. The Morgan fingerprint density at radius 1 is 1.71 bits per heavy atom. The van der Waals surface area contributed by atoms with Crippen LogP contribution in [0.4, 0.5) is 0 Å². The topological polar surface area (TPSA) is 21.3 Å². The highest BCUT2D eigenvalue weighted by Gasteiger charge is 1.77. The molecule has 0 aliphatic heterocycles. The number of hydrogen-bond acceptors (Lipinski definition) is 2. The van der Waals surface area contributed by atoms with E-state index in [1.807, 2.05) is 0 Å². The second-order valence-electron chi connectivity index (χ2n) is 1.31. The van der Waals surface area contributed by atoms with Crippen LogP contribution in [-0.4, -0.2) is 13.7 Å². The van der Waals surface area contributed by atoms with Crippen LogP contribution in [0.25, 0.3) is 0 Å². The molecule has 0 rings (SSSR count). The zero-order valence-electron chi connectivity index (χ0n) is 4.90. The van der Waals surface area contributed by atoms with Gasteiger partial charge in [-0.05, 0) is 13.0 Å². The van der Waals surface area contributed by atoms with E-state index < -0.39 is 0 Å². The van der Waals surface area contributed by atoms with Crippen molar-refractivity contribution in [1.82, 2.24) is 5.32 Å². The Hall–Kier alpha value is -0.0800. The molecular formula is C5H12NO. The van der Waals surface area contributed by atoms with E-state index in [9.17, 15) is 0 Å². The highest BCUT2D eigenvalue weighted by atomic mass is 16.5. The molecule has 0 aliphatic rings. The summed E-state index contributed by atoms with van der Waals surface area (Å²) in [6.45, 7) is 4.69. The fourth-order valence-corrected chi connectivity index (χ4v) is 0.287. The van der Waals surface area contributed by atoms with Crippen LogP contribution in [0, 0.1) is 6.73 Å². The standard InChI is InChI=1S/C5H12NO/c1-3-4-6-5-7-2/h5-6H,3-4H2,1-2H3. The Morgan fingerprint density at radius 3 is 2.86 bits per heavy atom. The first-order valence-electron chi connectivity index (χ1n) is 2.49. The van der Waals surface area contributed by atoms with Crippen LogP contribution in [0.15, 0.2) is 0 Å². The number of methoxy groups -OCH3 is 1. The third-order valence-corrected chi connectivity index (χ3v) is 0.596. The minimum atomic E-state index is 0.994. The summed E-state index contributed by atoms with van der Waals surface area (Å²) in [4.78, 5) is 0. The minimum absolute atomic E-state index is 0.994. The lowest BCUT2D eigenvalue weighted by molar-refractivity contribution is 0.249. The zero-order chi connectivity index (χ0) is 5.54. The van der Waals surface area contributed by atoms with Gasteiger partial charge in [0.1, 0.15) is 6.73 Å². The normalized spacial score (nSPS) is 9.43. The van der Waals surface area contributed by atoms with Crippen molar-refractivity contribution in [3.63, 3.8) is 0 Å². The molecule has 0 amide bonds. The highest BCUT2D eigenvalue weighted by Crippen LogP contribution is 1.71. The van der Waals surface area contributed by atoms with Crippen molar-refractivity contribution in [3.05, 3.63) is 6.73 Å². The van der Waals surface area contributed by atoms with E-state index in [0.29, 0.717) is 0 Å². The van der Waals surface area contributed by atoms with Gasteiger partial charge in [0, 0.05) is 7.11 Å². The molecule has 0 aromatic rings. The lowest BCUT2D eigenvalue weighted by Gasteiger charge is -1.95. The van der Waals surface area contributed by atoms with Crippen molar-refractivity contribution >= 4 is 0 Å². The van der Waals surface area contributed by atoms with Gasteiger partial charge in [0.15, 0.2) is 0 Å². The lowest BCUT2D eigenvalue weighted by Crippen LogP contribution is -2.11. The fourth-order valence-electron chi connectivity index (χ4n) is 0.287. The van der Waals surface area contributed by atoms with Crippen LogP contribution in [0.3, 0.4) is 0 Å². The molecule has 0 aromatic carbocycles. The van der Waals surface area contributed by atoms with Gasteiger partial charge < -0.3 is 4.74 Å². The molecule has 0 spiro atoms. The maximum absolute atomic E-state index is 4.61. The first-order valence-corrected chi connectivity index (χ1v) is 2.49. The summed E-state index contributed by atoms with van der Waals surface area (Å²) in [5.41, 5.74) is 0. The van der Waals surface area contributed by atoms with Gasteiger partial charge in [-0.3, -0.25) is 5.32 Å². The molecule has 2 nitrogen and oxygen atoms in total. The van der Waals surface area contributed by atoms with Gasteiger partial charge in [-0.2, -0.15) is 0 Å². The fraction of sp³-hybridized carbons (Fsp3) is 0.800. The summed E-state index contributed by atoms with van der Waals surface area (Å²) in [6.07, 6.45) is 1.14. The molecule has 0 saturated carbocycles. The maximum atomic E-state index is 4.61. The van der Waals surface area contributed by atoms with Gasteiger partial charge in [-0.15, -0.1) is 0 Å². The molecule has 1 radical (unpaired) electrons. The average molecular weight is 102 g/mol. The third kappa shape index (κ3) is 5.92. The van der Waals surface area contributed by atoms with E-state index in [1.165, 1.54) is 0 Å². The van der Waals surface area contributed by atoms with Crippen LogP contribution in [-0.2, 0) is 4.74 Å². The van der Waals surface area contributed by atoms with Crippen LogP contribution in [0.5, 0.6) is 0 Å². The molecule has 0 unspecified atom stereocenters. The molecule has 7 heavy (non-hydrogen) atoms. The van der Waals surface area contributed by atoms with E-state index >= 15 is 0 Å². The van der Waals surface area contributed by atoms with Crippen LogP contribution in [0.2, 0.25) is 0 Å². The predicted octanol–water partition coefficient (Wildman–Crippen LogP) is 0.752. The molecule has 0 heterocycles. The quantitative estimate of drug-likeness (QED) is 0.529. The van der Waals surface area contributed by atoms with E-state index in [4.69, 9.17) is 0 Å². The molecule has 43 valence electrons. The molecule has 0 bridgehead atoms. The Bertz CT molecular complexity index is 27.3. The molecule has 0 atom stereocenters. The minimum Gasteiger partial charge on any atom is -0.362 e. The Morgan fingerprint density at radius 2 is 2.43 bits per heavy atom. The van der Waals surface area contributed by atoms with Gasteiger partial charge in [-0.1, -0.05) is 6.92 Å². The van der Waals surface area contributed by atoms with Crippen molar-refractivity contribution in [2.24, 2.45) is 0 Å². The Kier molecular flexibility index (Phi) is 5.85. The zero-order valence-corrected chi connectivity index (χ0v) is 4.90. The van der Waals surface area contributed by atoms with Gasteiger partial charge in [-0.25, -0.2) is 0 Å². The van der Waals surface area contributed by atoms with Crippen molar-refractivity contribution in [2.45, 2.75) is 13.3 Å². The van der Waals surface area contributed by atoms with Gasteiger partial charge in [0.25, 0.3) is 0 Å². The van der Waals surface area contributed by atoms with Crippen molar-refractivity contribution in [2.75, 3.05) is 13.7 Å². The van der Waals surface area contributed by atoms with E-state index in [1.54, 1.807) is 13.8 Å². The van der Waals surface area contributed by atoms with E-state index in [0.717, 1.165) is 13.0 Å². The summed E-state index contributed by atoms with van der Waals surface area (Å²) in [5, 5.41) is 2.94. The predicted molar refractivity (Wildman–Crippen MR) is 29.6 cm³/mol. The first kappa shape index (κ1) is 6.92. The van der Waals surface area contributed by atoms with Crippen molar-refractivity contribution < 1.29 is 4.74 Å². The molecule has 2 heteroatoms. The lowest BCUT2D eigenvalue weighted by atomic mass is 10.5. The van der Waals surface area contributed by atoms with E-state index in [2.05, 4.69) is 17.0 Å². The van der Waals surface area contributed by atoms with Crippen LogP contribution in [0.1, 0.15) is 13.3 Å². The molecule has 1 N–H and O–H groups in total. The van der Waals surface area contributed by atoms with Crippen molar-refractivity contribution in [1.29, 1.82) is 0 Å². The largest absolute Gasteiger partial charge is 0.362 e. The SMILES string of the molecule is CCCN[CH]OC. The Balaban J connectivity index is 2.45. The molecule has 0 aromatic heterocycles. The van der Waals surface area contributed by atoms with Crippen LogP contribution < -0.4 is 5.32 Å². The second kappa shape index (κ2) is 5.92. The van der Waals surface area contributed by atoms with Crippen molar-refractivity contribution in [3.8, 4) is 0 Å². The van der Waals surface area contributed by atoms with Gasteiger partial charge in [0.05, 0.1) is 0 Å². The number of hydrogen-bond donors (Lipinski definition) is 1. The summed E-state index contributed by atoms with van der Waals surface area (Å²) >= 11 is 0. The number of nitrogens with one attached hydrogen (secondary N) is 1. The summed E-state index contributed by atoms with van der Waals surface area (Å²) in [6, 6.07) is 0. The van der Waals surface area contributed by atoms with Gasteiger partial charge >= 0.3 is 0 Å². The highest BCUT2D eigenvalue weighted by molar-refractivity contribution is 4.43. The second-order valence-corrected chi connectivity index (χ2v) is 1.31.